The molecule has 2 aliphatic rings. The second kappa shape index (κ2) is 9.66. The van der Waals surface area contributed by atoms with Crippen LogP contribution >= 0.6 is 0 Å². The summed E-state index contributed by atoms with van der Waals surface area (Å²) in [5.74, 6) is 0. The number of hydrogen-bond donors (Lipinski definition) is 0. The molecule has 0 heterocycles. The molecule has 0 atom stereocenters. The van der Waals surface area contributed by atoms with Crippen LogP contribution in [0.4, 0.5) is 0 Å². The quantitative estimate of drug-likeness (QED) is 0.192. The number of fused-ring (bicyclic) bond motifs is 3. The fourth-order valence-corrected chi connectivity index (χ4v) is 15.4. The van der Waals surface area contributed by atoms with Gasteiger partial charge in [0.1, 0.15) is 0 Å². The fourth-order valence-electron chi connectivity index (χ4n) is 5.75. The van der Waals surface area contributed by atoms with E-state index in [2.05, 4.69) is 135 Å². The topological polar surface area (TPSA) is 0 Å². The van der Waals surface area contributed by atoms with E-state index in [4.69, 9.17) is 0 Å². The number of hydrogen-bond acceptors (Lipinski definition) is 0. The molecule has 176 valence electrons. The Morgan fingerprint density at radius 2 is 1.28 bits per heavy atom. The Morgan fingerprint density at radius 3 is 1.92 bits per heavy atom. The predicted octanol–water partition coefficient (Wildman–Crippen LogP) is 7.86. The maximum atomic E-state index is 2.65. The molecule has 0 fully saturated rings. The van der Waals surface area contributed by atoms with Gasteiger partial charge in [-0.1, -0.05) is 0 Å². The molecule has 0 aliphatic heterocycles. The number of rotatable bonds is 5. The van der Waals surface area contributed by atoms with Gasteiger partial charge in [0.2, 0.25) is 0 Å². The summed E-state index contributed by atoms with van der Waals surface area (Å²) >= 11 is -2.57. The molecule has 4 aromatic carbocycles. The van der Waals surface area contributed by atoms with Crippen LogP contribution in [0.15, 0.2) is 124 Å². The van der Waals surface area contributed by atoms with Gasteiger partial charge in [-0.15, -0.1) is 0 Å². The van der Waals surface area contributed by atoms with Gasteiger partial charge in [0.25, 0.3) is 0 Å². The Hall–Kier alpha value is -2.67. The van der Waals surface area contributed by atoms with E-state index in [1.54, 1.807) is 20.5 Å². The van der Waals surface area contributed by atoms with Crippen molar-refractivity contribution in [2.75, 3.05) is 0 Å². The first kappa shape index (κ1) is 23.7. The van der Waals surface area contributed by atoms with E-state index < -0.39 is 29.3 Å². The minimum absolute atomic E-state index is 1.06. The van der Waals surface area contributed by atoms with Crippen molar-refractivity contribution in [3.05, 3.63) is 146 Å². The van der Waals surface area contributed by atoms with Crippen LogP contribution < -0.4 is 3.27 Å². The fraction of sp³-hybridized carbons (Fsp3) is 0.147. The van der Waals surface area contributed by atoms with Gasteiger partial charge in [-0.3, -0.25) is 0 Å². The molecule has 2 aliphatic carbocycles. The molecular formula is C34H32SiZr. The molecule has 0 spiro atoms. The summed E-state index contributed by atoms with van der Waals surface area (Å²) in [6.45, 7) is 7.45. The van der Waals surface area contributed by atoms with E-state index in [1.165, 1.54) is 27.8 Å². The first-order chi connectivity index (χ1) is 17.5. The van der Waals surface area contributed by atoms with E-state index in [0.29, 0.717) is 0 Å². The molecule has 6 rings (SSSR count). The minimum atomic E-state index is -2.57. The average Bonchev–Trinajstić information content (AvgIpc) is 3.54. The van der Waals surface area contributed by atoms with Gasteiger partial charge < -0.3 is 0 Å². The van der Waals surface area contributed by atoms with Crippen LogP contribution in [0.3, 0.4) is 0 Å². The molecule has 4 aromatic rings. The molecule has 0 nitrogen and oxygen atoms in total. The van der Waals surface area contributed by atoms with Crippen LogP contribution in [0, 0.1) is 0 Å². The van der Waals surface area contributed by atoms with Crippen molar-refractivity contribution in [2.45, 2.75) is 32.5 Å². The van der Waals surface area contributed by atoms with Crippen molar-refractivity contribution < 1.29 is 21.3 Å². The SMILES string of the molecule is C[Si](C)(C)C1=CC[C]([Zr](=[C](c2ccccc2)c2ccccc2)[c]2cccc3c2Cc2ccccc2-3)=C1. The maximum absolute atomic E-state index is 2.65. The zero-order valence-corrected chi connectivity index (χ0v) is 24.8. The van der Waals surface area contributed by atoms with Crippen molar-refractivity contribution in [2.24, 2.45) is 0 Å². The van der Waals surface area contributed by atoms with Crippen molar-refractivity contribution in [3.63, 3.8) is 0 Å². The van der Waals surface area contributed by atoms with E-state index in [9.17, 15) is 0 Å². The Kier molecular flexibility index (Phi) is 6.36. The molecule has 2 heteroatoms. The molecule has 0 saturated carbocycles. The summed E-state index contributed by atoms with van der Waals surface area (Å²) < 4.78 is 4.99. The summed E-state index contributed by atoms with van der Waals surface area (Å²) in [4.78, 5) is 0. The standard InChI is InChI=1S/C13H9.C13H10.C8H13Si.Zr/c1-3-7-12-10(5-1)9-11-6-2-4-8-13(11)12;1-3-7-12(8-4-1)11-13-9-5-2-6-10-13;1-9(2,3)8-6-4-5-7-8;/h1-5,7-8H,9H2;1-10H;6-7H,4H2,1-3H3;. The summed E-state index contributed by atoms with van der Waals surface area (Å²) in [5.41, 5.74) is 8.74. The van der Waals surface area contributed by atoms with Gasteiger partial charge in [-0.2, -0.15) is 0 Å². The molecule has 0 bridgehead atoms. The summed E-state index contributed by atoms with van der Waals surface area (Å²) in [6.07, 6.45) is 7.39. The van der Waals surface area contributed by atoms with E-state index >= 15 is 0 Å². The van der Waals surface area contributed by atoms with E-state index in [-0.39, 0.29) is 0 Å². The normalized spacial score (nSPS) is 14.1. The van der Waals surface area contributed by atoms with Crippen LogP contribution in [0.25, 0.3) is 11.1 Å². The third-order valence-corrected chi connectivity index (χ3v) is 17.2. The predicted molar refractivity (Wildman–Crippen MR) is 155 cm³/mol. The van der Waals surface area contributed by atoms with Crippen LogP contribution in [0.1, 0.15) is 28.7 Å². The van der Waals surface area contributed by atoms with Crippen molar-refractivity contribution in [1.29, 1.82) is 0 Å². The van der Waals surface area contributed by atoms with Gasteiger partial charge in [-0.05, 0) is 0 Å². The van der Waals surface area contributed by atoms with Crippen LogP contribution in [0.5, 0.6) is 0 Å². The van der Waals surface area contributed by atoms with Crippen molar-refractivity contribution in [3.8, 4) is 11.1 Å². The Balaban J connectivity index is 1.67. The number of benzene rings is 4. The third-order valence-electron chi connectivity index (χ3n) is 7.55. The Labute approximate surface area is 224 Å². The monoisotopic (exact) mass is 558 g/mol. The second-order valence-corrected chi connectivity index (χ2v) is 22.0. The molecule has 36 heavy (non-hydrogen) atoms. The zero-order chi connectivity index (χ0) is 24.7. The molecule has 0 N–H and O–H groups in total. The van der Waals surface area contributed by atoms with E-state index in [0.717, 1.165) is 12.8 Å². The van der Waals surface area contributed by atoms with Gasteiger partial charge in [0.15, 0.2) is 0 Å². The van der Waals surface area contributed by atoms with Gasteiger partial charge in [0.05, 0.1) is 0 Å². The number of allylic oxidation sites excluding steroid dienone is 4. The second-order valence-electron chi connectivity index (χ2n) is 10.9. The van der Waals surface area contributed by atoms with Gasteiger partial charge >= 0.3 is 225 Å². The van der Waals surface area contributed by atoms with Crippen molar-refractivity contribution >= 4 is 14.6 Å². The molecule has 0 unspecified atom stereocenters. The Bertz CT molecular complexity index is 1490. The third kappa shape index (κ3) is 4.36. The summed E-state index contributed by atoms with van der Waals surface area (Å²) in [6, 6.07) is 38.6. The summed E-state index contributed by atoms with van der Waals surface area (Å²) in [5, 5.41) is 1.63. The van der Waals surface area contributed by atoms with Crippen LogP contribution in [0.2, 0.25) is 19.6 Å². The molecular weight excluding hydrogens is 528 g/mol. The van der Waals surface area contributed by atoms with E-state index in [1.807, 2.05) is 0 Å². The average molecular weight is 560 g/mol. The van der Waals surface area contributed by atoms with Gasteiger partial charge in [-0.25, -0.2) is 0 Å². The Morgan fingerprint density at radius 1 is 0.667 bits per heavy atom. The molecule has 0 saturated heterocycles. The van der Waals surface area contributed by atoms with Crippen LogP contribution in [-0.4, -0.2) is 11.3 Å². The van der Waals surface area contributed by atoms with Crippen molar-refractivity contribution in [1.82, 2.24) is 0 Å². The zero-order valence-electron chi connectivity index (χ0n) is 21.4. The molecule has 0 amide bonds. The van der Waals surface area contributed by atoms with Crippen LogP contribution in [-0.2, 0) is 27.7 Å². The molecule has 0 radical (unpaired) electrons. The molecule has 0 aromatic heterocycles. The first-order valence-electron chi connectivity index (χ1n) is 13.0. The first-order valence-corrected chi connectivity index (χ1v) is 20.2. The van der Waals surface area contributed by atoms with Gasteiger partial charge in [0, 0.05) is 0 Å². The summed E-state index contributed by atoms with van der Waals surface area (Å²) in [7, 11) is -1.37.